The fraction of sp³-hybridized carbons (Fsp3) is 0.333. The summed E-state index contributed by atoms with van der Waals surface area (Å²) >= 11 is 11.5. The molecule has 0 radical (unpaired) electrons. The van der Waals surface area contributed by atoms with E-state index < -0.39 is 14.3 Å². The average molecular weight is 264 g/mol. The normalized spacial score (nSPS) is 11.3. The van der Waals surface area contributed by atoms with Gasteiger partial charge in [-0.05, 0) is 31.8 Å². The van der Waals surface area contributed by atoms with Crippen LogP contribution >= 0.6 is 23.2 Å². The predicted molar refractivity (Wildman–Crippen MR) is 63.0 cm³/mol. The second-order valence-electron chi connectivity index (χ2n) is 3.97. The zero-order valence-electron chi connectivity index (χ0n) is 8.67. The molecular weight excluding hydrogens is 253 g/mol. The molecule has 1 rings (SSSR count). The van der Waals surface area contributed by atoms with Crippen LogP contribution in [0.15, 0.2) is 12.1 Å². The molecule has 82 valence electrons. The Hall–Kier alpha value is -0.583. The van der Waals surface area contributed by atoms with Crippen molar-refractivity contribution in [1.82, 2.24) is 4.98 Å². The molecule has 1 aromatic rings. The predicted octanol–water partition coefficient (Wildman–Crippen LogP) is 3.38. The molecule has 0 amide bonds. The summed E-state index contributed by atoms with van der Waals surface area (Å²) in [7, 11) is -1.93. The third kappa shape index (κ3) is 3.81. The molecule has 0 unspecified atom stereocenters. The third-order valence-electron chi connectivity index (χ3n) is 1.40. The van der Waals surface area contributed by atoms with Crippen LogP contribution in [-0.2, 0) is 4.43 Å². The van der Waals surface area contributed by atoms with Crippen LogP contribution in [0.25, 0.3) is 0 Å². The number of hydrogen-bond acceptors (Lipinski definition) is 3. The number of pyridine rings is 1. The lowest BCUT2D eigenvalue weighted by atomic mass is 10.3. The Morgan fingerprint density at radius 3 is 2.47 bits per heavy atom. The van der Waals surface area contributed by atoms with Gasteiger partial charge in [0.1, 0.15) is 5.15 Å². The first-order valence-electron chi connectivity index (χ1n) is 4.35. The van der Waals surface area contributed by atoms with E-state index in [-0.39, 0.29) is 15.9 Å². The lowest BCUT2D eigenvalue weighted by molar-refractivity contribution is 0.0718. The van der Waals surface area contributed by atoms with E-state index in [0.717, 1.165) is 0 Å². The molecule has 0 N–H and O–H groups in total. The zero-order valence-corrected chi connectivity index (χ0v) is 11.2. The van der Waals surface area contributed by atoms with Crippen LogP contribution in [0.1, 0.15) is 10.5 Å². The summed E-state index contributed by atoms with van der Waals surface area (Å²) < 4.78 is 5.25. The first-order valence-corrected chi connectivity index (χ1v) is 8.51. The van der Waals surface area contributed by atoms with E-state index in [2.05, 4.69) is 4.98 Å². The fourth-order valence-corrected chi connectivity index (χ4v) is 1.87. The fourth-order valence-electron chi connectivity index (χ4n) is 0.888. The third-order valence-corrected chi connectivity index (χ3v) is 2.72. The lowest BCUT2D eigenvalue weighted by Gasteiger charge is -2.17. The number of carbonyl (C=O) groups excluding carboxylic acids is 1. The van der Waals surface area contributed by atoms with Crippen molar-refractivity contribution in [1.29, 1.82) is 0 Å². The zero-order chi connectivity index (χ0) is 11.6. The maximum absolute atomic E-state index is 11.6. The topological polar surface area (TPSA) is 39.2 Å². The van der Waals surface area contributed by atoms with Gasteiger partial charge in [-0.1, -0.05) is 23.2 Å². The van der Waals surface area contributed by atoms with Crippen LogP contribution in [0.4, 0.5) is 0 Å². The van der Waals surface area contributed by atoms with E-state index in [9.17, 15) is 4.79 Å². The molecule has 0 spiro atoms. The smallest absolute Gasteiger partial charge is 0.345 e. The molecule has 0 aromatic carbocycles. The van der Waals surface area contributed by atoms with Gasteiger partial charge in [-0.2, -0.15) is 0 Å². The molecule has 1 heterocycles. The monoisotopic (exact) mass is 263 g/mol. The van der Waals surface area contributed by atoms with Crippen LogP contribution in [0, 0.1) is 0 Å². The van der Waals surface area contributed by atoms with E-state index in [0.29, 0.717) is 0 Å². The van der Waals surface area contributed by atoms with Gasteiger partial charge in [0.25, 0.3) is 0 Å². The van der Waals surface area contributed by atoms with Crippen molar-refractivity contribution in [3.63, 3.8) is 0 Å². The van der Waals surface area contributed by atoms with Crippen LogP contribution in [0.5, 0.6) is 0 Å². The van der Waals surface area contributed by atoms with Crippen molar-refractivity contribution in [2.45, 2.75) is 19.6 Å². The lowest BCUT2D eigenvalue weighted by Crippen LogP contribution is -2.29. The number of carbonyl (C=O) groups is 1. The summed E-state index contributed by atoms with van der Waals surface area (Å²) in [5.41, 5.74) is 0.0755. The number of halogens is 2. The Morgan fingerprint density at radius 2 is 1.93 bits per heavy atom. The summed E-state index contributed by atoms with van der Waals surface area (Å²) in [6.07, 6.45) is 0. The van der Waals surface area contributed by atoms with Gasteiger partial charge in [0, 0.05) is 0 Å². The largest absolute Gasteiger partial charge is 0.515 e. The van der Waals surface area contributed by atoms with Gasteiger partial charge in [-0.25, -0.2) is 9.78 Å². The number of hydrogen-bond donors (Lipinski definition) is 0. The molecule has 0 fully saturated rings. The molecular formula is C9H11Cl2NO2Si. The molecule has 0 bridgehead atoms. The second-order valence-corrected chi connectivity index (χ2v) is 9.19. The maximum atomic E-state index is 11.6. The van der Waals surface area contributed by atoms with Crippen LogP contribution in [-0.4, -0.2) is 19.3 Å². The van der Waals surface area contributed by atoms with Crippen LogP contribution < -0.4 is 0 Å². The minimum Gasteiger partial charge on any atom is -0.515 e. The van der Waals surface area contributed by atoms with Crippen molar-refractivity contribution in [3.05, 3.63) is 28.0 Å². The van der Waals surface area contributed by atoms with Crippen molar-refractivity contribution in [2.24, 2.45) is 0 Å². The molecule has 0 saturated heterocycles. The average Bonchev–Trinajstić information content (AvgIpc) is 2.06. The van der Waals surface area contributed by atoms with Gasteiger partial charge in [-0.15, -0.1) is 0 Å². The molecule has 3 nitrogen and oxygen atoms in total. The van der Waals surface area contributed by atoms with Gasteiger partial charge < -0.3 is 4.43 Å². The Bertz CT molecular complexity index is 390. The number of aromatic nitrogens is 1. The summed E-state index contributed by atoms with van der Waals surface area (Å²) in [5, 5.41) is 0.476. The van der Waals surface area contributed by atoms with Gasteiger partial charge in [0.15, 0.2) is 5.69 Å². The van der Waals surface area contributed by atoms with Crippen molar-refractivity contribution >= 4 is 37.5 Å². The first-order chi connectivity index (χ1) is 6.79. The van der Waals surface area contributed by atoms with Crippen molar-refractivity contribution in [3.8, 4) is 0 Å². The Balaban J connectivity index is 2.96. The van der Waals surface area contributed by atoms with Gasteiger partial charge in [0.2, 0.25) is 8.32 Å². The van der Waals surface area contributed by atoms with E-state index >= 15 is 0 Å². The van der Waals surface area contributed by atoms with Gasteiger partial charge >= 0.3 is 5.97 Å². The second kappa shape index (κ2) is 4.51. The molecule has 0 atom stereocenters. The summed E-state index contributed by atoms with van der Waals surface area (Å²) in [4.78, 5) is 15.5. The molecule has 15 heavy (non-hydrogen) atoms. The Morgan fingerprint density at radius 1 is 1.33 bits per heavy atom. The van der Waals surface area contributed by atoms with Crippen molar-refractivity contribution in [2.75, 3.05) is 0 Å². The molecule has 6 heteroatoms. The van der Waals surface area contributed by atoms with Crippen LogP contribution in [0.2, 0.25) is 29.8 Å². The highest BCUT2D eigenvalue weighted by atomic mass is 35.5. The first kappa shape index (κ1) is 12.5. The molecule has 0 aliphatic heterocycles. The molecule has 0 aliphatic carbocycles. The highest BCUT2D eigenvalue weighted by molar-refractivity contribution is 6.71. The van der Waals surface area contributed by atoms with E-state index in [1.165, 1.54) is 12.1 Å². The van der Waals surface area contributed by atoms with Crippen molar-refractivity contribution < 1.29 is 9.22 Å². The van der Waals surface area contributed by atoms with E-state index in [1.54, 1.807) is 0 Å². The van der Waals surface area contributed by atoms with Crippen LogP contribution in [0.3, 0.4) is 0 Å². The van der Waals surface area contributed by atoms with E-state index in [4.69, 9.17) is 27.6 Å². The SMILES string of the molecule is C[Si](C)(C)OC(=O)c1nc(Cl)ccc1Cl. The van der Waals surface area contributed by atoms with E-state index in [1.807, 2.05) is 19.6 Å². The van der Waals surface area contributed by atoms with Gasteiger partial charge in [0.05, 0.1) is 5.02 Å². The standard InChI is InChI=1S/C9H11Cl2NO2Si/c1-15(2,3)14-9(13)8-6(10)4-5-7(11)12-8/h4-5H,1-3H3. The quantitative estimate of drug-likeness (QED) is 0.607. The molecule has 0 saturated carbocycles. The number of nitrogens with zero attached hydrogens (tertiary/aromatic N) is 1. The highest BCUT2D eigenvalue weighted by Crippen LogP contribution is 2.19. The summed E-state index contributed by atoms with van der Waals surface area (Å²) in [5.74, 6) is -0.512. The van der Waals surface area contributed by atoms with Gasteiger partial charge in [-0.3, -0.25) is 0 Å². The Kier molecular flexibility index (Phi) is 3.75. The molecule has 0 aliphatic rings. The molecule has 1 aromatic heterocycles. The Labute approximate surface area is 99.5 Å². The summed E-state index contributed by atoms with van der Waals surface area (Å²) in [6, 6.07) is 3.05. The number of rotatable bonds is 2. The minimum atomic E-state index is -1.93. The minimum absolute atomic E-state index is 0.0755. The summed E-state index contributed by atoms with van der Waals surface area (Å²) in [6.45, 7) is 5.72. The maximum Gasteiger partial charge on any atom is 0.345 e. The highest BCUT2D eigenvalue weighted by Gasteiger charge is 2.23.